The third-order valence-corrected chi connectivity index (χ3v) is 3.46. The number of aliphatic hydroxyl groups is 1. The predicted octanol–water partition coefficient (Wildman–Crippen LogP) is 1.42. The maximum atomic E-state index is 11.3. The van der Waals surface area contributed by atoms with Gasteiger partial charge in [0.25, 0.3) is 0 Å². The van der Waals surface area contributed by atoms with Gasteiger partial charge in [-0.25, -0.2) is 0 Å². The molecule has 0 aliphatic heterocycles. The summed E-state index contributed by atoms with van der Waals surface area (Å²) in [6, 6.07) is 14.6. The van der Waals surface area contributed by atoms with Crippen molar-refractivity contribution in [2.45, 2.75) is 18.6 Å². The lowest BCUT2D eigenvalue weighted by Crippen LogP contribution is -2.43. The third kappa shape index (κ3) is 5.91. The van der Waals surface area contributed by atoms with Crippen LogP contribution in [0.1, 0.15) is 5.56 Å². The molecule has 128 valence electrons. The number of carbonyl (C=O) groups is 1. The van der Waals surface area contributed by atoms with E-state index in [0.717, 1.165) is 5.56 Å². The number of ether oxygens (including phenoxy) is 1. The molecule has 0 bridgehead atoms. The molecule has 2 aromatic carbocycles. The molecule has 6 heteroatoms. The second kappa shape index (κ2) is 8.90. The van der Waals surface area contributed by atoms with Gasteiger partial charge < -0.3 is 25.4 Å². The highest BCUT2D eigenvalue weighted by atomic mass is 16.5. The summed E-state index contributed by atoms with van der Waals surface area (Å²) in [6.07, 6.45) is -0.575. The largest absolute Gasteiger partial charge is 0.508 e. The normalized spacial score (nSPS) is 13.2. The highest BCUT2D eigenvalue weighted by molar-refractivity contribution is 5.73. The van der Waals surface area contributed by atoms with Gasteiger partial charge in [0.1, 0.15) is 30.3 Å². The number of carboxylic acid groups (broad SMARTS) is 1. The smallest absolute Gasteiger partial charge is 0.321 e. The van der Waals surface area contributed by atoms with Crippen LogP contribution in [0.25, 0.3) is 0 Å². The summed E-state index contributed by atoms with van der Waals surface area (Å²) < 4.78 is 5.43. The average Bonchev–Trinajstić information content (AvgIpc) is 2.59. The first-order valence-electron chi connectivity index (χ1n) is 7.64. The van der Waals surface area contributed by atoms with E-state index in [0.29, 0.717) is 5.75 Å². The molecule has 0 unspecified atom stereocenters. The molecule has 6 nitrogen and oxygen atoms in total. The van der Waals surface area contributed by atoms with Crippen LogP contribution in [0.4, 0.5) is 0 Å². The maximum absolute atomic E-state index is 11.3. The number of para-hydroxylation sites is 1. The number of hydrogen-bond acceptors (Lipinski definition) is 5. The lowest BCUT2D eigenvalue weighted by Gasteiger charge is -2.18. The molecule has 0 saturated carbocycles. The molecule has 0 aromatic heterocycles. The third-order valence-electron chi connectivity index (χ3n) is 3.46. The number of aliphatic hydroxyl groups excluding tert-OH is 1. The number of carboxylic acids is 1. The van der Waals surface area contributed by atoms with Crippen LogP contribution < -0.4 is 10.1 Å². The minimum absolute atomic E-state index is 0.0720. The SMILES string of the molecule is O=C(O)[C@@H](Cc1ccc(O)cc1)NC[C@@H](O)COc1ccccc1. The number of hydrogen-bond donors (Lipinski definition) is 4. The monoisotopic (exact) mass is 331 g/mol. The zero-order valence-electron chi connectivity index (χ0n) is 13.1. The van der Waals surface area contributed by atoms with Crippen LogP contribution in [0.15, 0.2) is 54.6 Å². The first-order valence-corrected chi connectivity index (χ1v) is 7.64. The van der Waals surface area contributed by atoms with Crippen molar-refractivity contribution in [3.63, 3.8) is 0 Å². The lowest BCUT2D eigenvalue weighted by atomic mass is 10.1. The quantitative estimate of drug-likeness (QED) is 0.555. The van der Waals surface area contributed by atoms with Crippen LogP contribution in [-0.2, 0) is 11.2 Å². The highest BCUT2D eigenvalue weighted by Gasteiger charge is 2.19. The first-order chi connectivity index (χ1) is 11.5. The number of aliphatic carboxylic acids is 1. The van der Waals surface area contributed by atoms with Crippen LogP contribution in [0, 0.1) is 0 Å². The Morgan fingerprint density at radius 3 is 2.38 bits per heavy atom. The van der Waals surface area contributed by atoms with E-state index in [-0.39, 0.29) is 25.3 Å². The number of nitrogens with one attached hydrogen (secondary N) is 1. The van der Waals surface area contributed by atoms with Gasteiger partial charge in [-0.2, -0.15) is 0 Å². The summed E-state index contributed by atoms with van der Waals surface area (Å²) >= 11 is 0. The molecule has 0 radical (unpaired) electrons. The van der Waals surface area contributed by atoms with Crippen molar-refractivity contribution in [3.8, 4) is 11.5 Å². The fourth-order valence-electron chi connectivity index (χ4n) is 2.16. The zero-order valence-corrected chi connectivity index (χ0v) is 13.1. The predicted molar refractivity (Wildman–Crippen MR) is 89.2 cm³/mol. The van der Waals surface area contributed by atoms with Crippen molar-refractivity contribution in [1.82, 2.24) is 5.32 Å². The summed E-state index contributed by atoms with van der Waals surface area (Å²) in [5.74, 6) is -0.221. The summed E-state index contributed by atoms with van der Waals surface area (Å²) in [5, 5.41) is 31.3. The molecule has 0 fully saturated rings. The Hall–Kier alpha value is -2.57. The molecule has 24 heavy (non-hydrogen) atoms. The maximum Gasteiger partial charge on any atom is 0.321 e. The molecule has 0 spiro atoms. The topological polar surface area (TPSA) is 99.0 Å². The Morgan fingerprint density at radius 1 is 1.08 bits per heavy atom. The van der Waals surface area contributed by atoms with Crippen molar-refractivity contribution in [2.75, 3.05) is 13.2 Å². The first kappa shape index (κ1) is 17.8. The molecule has 0 heterocycles. The van der Waals surface area contributed by atoms with E-state index >= 15 is 0 Å². The Balaban J connectivity index is 1.80. The van der Waals surface area contributed by atoms with E-state index in [1.54, 1.807) is 24.3 Å². The second-order valence-electron chi connectivity index (χ2n) is 5.45. The molecule has 0 aliphatic rings. The fraction of sp³-hybridized carbons (Fsp3) is 0.278. The standard InChI is InChI=1S/C18H21NO5/c20-14-8-6-13(7-9-14)10-17(18(22)23)19-11-15(21)12-24-16-4-2-1-3-5-16/h1-9,15,17,19-21H,10-12H2,(H,22,23)/t15-,17-/m1/s1. The summed E-state index contributed by atoms with van der Waals surface area (Å²) in [5.41, 5.74) is 0.780. The Labute approximate surface area is 140 Å². The number of phenolic OH excluding ortho intramolecular Hbond substituents is 1. The van der Waals surface area contributed by atoms with Crippen LogP contribution in [0.3, 0.4) is 0 Å². The summed E-state index contributed by atoms with van der Waals surface area (Å²) in [6.45, 7) is 0.171. The van der Waals surface area contributed by atoms with Gasteiger partial charge in [-0.05, 0) is 36.2 Å². The van der Waals surface area contributed by atoms with Crippen molar-refractivity contribution in [3.05, 3.63) is 60.2 Å². The molecule has 0 saturated heterocycles. The van der Waals surface area contributed by atoms with Gasteiger partial charge in [0, 0.05) is 6.54 Å². The number of phenols is 1. The molecule has 2 atom stereocenters. The molecule has 4 N–H and O–H groups in total. The molecule has 0 amide bonds. The van der Waals surface area contributed by atoms with Gasteiger partial charge in [-0.3, -0.25) is 4.79 Å². The van der Waals surface area contributed by atoms with Gasteiger partial charge in [-0.15, -0.1) is 0 Å². The van der Waals surface area contributed by atoms with Crippen LogP contribution in [-0.4, -0.2) is 46.6 Å². The molecular formula is C18H21NO5. The van der Waals surface area contributed by atoms with Crippen molar-refractivity contribution in [1.29, 1.82) is 0 Å². The summed E-state index contributed by atoms with van der Waals surface area (Å²) in [4.78, 5) is 11.3. The lowest BCUT2D eigenvalue weighted by molar-refractivity contribution is -0.139. The second-order valence-corrected chi connectivity index (χ2v) is 5.45. The number of aromatic hydroxyl groups is 1. The summed E-state index contributed by atoms with van der Waals surface area (Å²) in [7, 11) is 0. The highest BCUT2D eigenvalue weighted by Crippen LogP contribution is 2.12. The minimum Gasteiger partial charge on any atom is -0.508 e. The molecular weight excluding hydrogens is 310 g/mol. The Kier molecular flexibility index (Phi) is 6.60. The van der Waals surface area contributed by atoms with Gasteiger partial charge in [0.05, 0.1) is 0 Å². The number of benzene rings is 2. The van der Waals surface area contributed by atoms with Gasteiger partial charge in [-0.1, -0.05) is 30.3 Å². The van der Waals surface area contributed by atoms with Gasteiger partial charge in [0.15, 0.2) is 0 Å². The van der Waals surface area contributed by atoms with E-state index in [4.69, 9.17) is 4.74 Å². The molecule has 2 rings (SSSR count). The fourth-order valence-corrected chi connectivity index (χ4v) is 2.16. The zero-order chi connectivity index (χ0) is 17.4. The van der Waals surface area contributed by atoms with E-state index in [2.05, 4.69) is 5.32 Å². The Bertz CT molecular complexity index is 630. The Morgan fingerprint density at radius 2 is 1.75 bits per heavy atom. The van der Waals surface area contributed by atoms with E-state index in [1.165, 1.54) is 12.1 Å². The van der Waals surface area contributed by atoms with Crippen molar-refractivity contribution < 1.29 is 24.9 Å². The van der Waals surface area contributed by atoms with E-state index in [9.17, 15) is 20.1 Å². The molecule has 2 aromatic rings. The van der Waals surface area contributed by atoms with Gasteiger partial charge in [0.2, 0.25) is 0 Å². The van der Waals surface area contributed by atoms with Crippen molar-refractivity contribution >= 4 is 5.97 Å². The van der Waals surface area contributed by atoms with Gasteiger partial charge >= 0.3 is 5.97 Å². The average molecular weight is 331 g/mol. The van der Waals surface area contributed by atoms with Crippen molar-refractivity contribution in [2.24, 2.45) is 0 Å². The minimum atomic E-state index is -1.00. The van der Waals surface area contributed by atoms with E-state index in [1.807, 2.05) is 18.2 Å². The van der Waals surface area contributed by atoms with Crippen LogP contribution >= 0.6 is 0 Å². The molecule has 0 aliphatic carbocycles. The van der Waals surface area contributed by atoms with Crippen LogP contribution in [0.5, 0.6) is 11.5 Å². The van der Waals surface area contributed by atoms with E-state index < -0.39 is 18.1 Å². The number of rotatable bonds is 9. The van der Waals surface area contributed by atoms with Crippen LogP contribution in [0.2, 0.25) is 0 Å².